The van der Waals surface area contributed by atoms with Crippen molar-refractivity contribution in [3.8, 4) is 0 Å². The molecule has 0 amide bonds. The van der Waals surface area contributed by atoms with Gasteiger partial charge in [-0.05, 0) is 49.7 Å². The highest BCUT2D eigenvalue weighted by Gasteiger charge is 2.52. The molecule has 1 aromatic rings. The Morgan fingerprint density at radius 1 is 1.20 bits per heavy atom. The quantitative estimate of drug-likeness (QED) is 0.794. The van der Waals surface area contributed by atoms with Crippen molar-refractivity contribution in [2.24, 2.45) is 0 Å². The van der Waals surface area contributed by atoms with E-state index >= 15 is 0 Å². The molecule has 5 heteroatoms. The van der Waals surface area contributed by atoms with E-state index < -0.39 is 0 Å². The summed E-state index contributed by atoms with van der Waals surface area (Å²) >= 11 is 3.46. The number of nitrogens with one attached hydrogen (secondary N) is 1. The van der Waals surface area contributed by atoms with Crippen LogP contribution in [0.15, 0.2) is 16.7 Å². The number of hydrogen-bond donors (Lipinski definition) is 1. The Hall–Kier alpha value is -0.255. The van der Waals surface area contributed by atoms with Crippen LogP contribution >= 0.6 is 15.9 Å². The van der Waals surface area contributed by atoms with Crippen LogP contribution in [0.1, 0.15) is 27.7 Å². The van der Waals surface area contributed by atoms with Gasteiger partial charge in [0.1, 0.15) is 0 Å². The number of halogens is 1. The van der Waals surface area contributed by atoms with E-state index in [1.54, 1.807) is 0 Å². The predicted molar refractivity (Wildman–Crippen MR) is 64.2 cm³/mol. The molecule has 1 saturated heterocycles. The van der Waals surface area contributed by atoms with E-state index in [-0.39, 0.29) is 18.3 Å². The summed E-state index contributed by atoms with van der Waals surface area (Å²) in [5, 5.41) is 0. The molecule has 0 radical (unpaired) electrons. The first-order chi connectivity index (χ1) is 6.83. The first-order valence-corrected chi connectivity index (χ1v) is 5.81. The van der Waals surface area contributed by atoms with Crippen molar-refractivity contribution in [2.75, 3.05) is 0 Å². The molecule has 0 unspecified atom stereocenters. The molecule has 1 aliphatic rings. The van der Waals surface area contributed by atoms with Crippen molar-refractivity contribution < 1.29 is 9.31 Å². The molecule has 0 spiro atoms. The van der Waals surface area contributed by atoms with Crippen molar-refractivity contribution in [1.29, 1.82) is 0 Å². The molecule has 1 aromatic heterocycles. The van der Waals surface area contributed by atoms with Crippen LogP contribution in [0.3, 0.4) is 0 Å². The van der Waals surface area contributed by atoms with E-state index in [0.29, 0.717) is 0 Å². The zero-order valence-electron chi connectivity index (χ0n) is 9.43. The van der Waals surface area contributed by atoms with Gasteiger partial charge in [-0.3, -0.25) is 0 Å². The Labute approximate surface area is 98.8 Å². The molecular formula is C10H15BBrNO2. The van der Waals surface area contributed by atoms with Crippen LogP contribution < -0.4 is 5.59 Å². The lowest BCUT2D eigenvalue weighted by atomic mass is 9.85. The SMILES string of the molecule is CC1(C)OB(c2[nH]ccc2Br)OC1(C)C. The van der Waals surface area contributed by atoms with Crippen molar-refractivity contribution in [3.63, 3.8) is 0 Å². The zero-order valence-corrected chi connectivity index (χ0v) is 11.0. The van der Waals surface area contributed by atoms with Crippen LogP contribution in [-0.2, 0) is 9.31 Å². The summed E-state index contributed by atoms with van der Waals surface area (Å²) in [7, 11) is -0.320. The summed E-state index contributed by atoms with van der Waals surface area (Å²) < 4.78 is 12.8. The van der Waals surface area contributed by atoms with Crippen molar-refractivity contribution in [1.82, 2.24) is 4.98 Å². The van der Waals surface area contributed by atoms with Gasteiger partial charge >= 0.3 is 7.12 Å². The molecule has 1 aliphatic heterocycles. The van der Waals surface area contributed by atoms with E-state index in [0.717, 1.165) is 10.1 Å². The summed E-state index contributed by atoms with van der Waals surface area (Å²) in [6, 6.07) is 1.94. The normalized spacial score (nSPS) is 23.4. The molecule has 0 aromatic carbocycles. The highest BCUT2D eigenvalue weighted by molar-refractivity contribution is 9.10. The van der Waals surface area contributed by atoms with Gasteiger partial charge in [-0.25, -0.2) is 0 Å². The highest BCUT2D eigenvalue weighted by Crippen LogP contribution is 2.36. The molecular weight excluding hydrogens is 257 g/mol. The third kappa shape index (κ3) is 1.77. The van der Waals surface area contributed by atoms with Crippen LogP contribution in [0, 0.1) is 0 Å². The number of hydrogen-bond acceptors (Lipinski definition) is 2. The van der Waals surface area contributed by atoms with Crippen LogP contribution in [0.5, 0.6) is 0 Å². The fourth-order valence-corrected chi connectivity index (χ4v) is 1.94. The van der Waals surface area contributed by atoms with Crippen molar-refractivity contribution >= 4 is 28.6 Å². The fourth-order valence-electron chi connectivity index (χ4n) is 1.50. The lowest BCUT2D eigenvalue weighted by Gasteiger charge is -2.32. The third-order valence-electron chi connectivity index (χ3n) is 3.21. The molecule has 15 heavy (non-hydrogen) atoms. The van der Waals surface area contributed by atoms with Gasteiger partial charge in [-0.1, -0.05) is 0 Å². The summed E-state index contributed by atoms with van der Waals surface area (Å²) in [6.07, 6.45) is 1.87. The standard InChI is InChI=1S/C10H15BBrNO2/c1-9(2)10(3,4)15-11(14-9)8-7(12)5-6-13-8/h5-6,13H,1-4H3. The molecule has 0 bridgehead atoms. The van der Waals surface area contributed by atoms with E-state index in [4.69, 9.17) is 9.31 Å². The Balaban J connectivity index is 2.27. The summed E-state index contributed by atoms with van der Waals surface area (Å²) in [4.78, 5) is 3.13. The van der Waals surface area contributed by atoms with E-state index in [2.05, 4.69) is 20.9 Å². The van der Waals surface area contributed by atoms with E-state index in [1.165, 1.54) is 0 Å². The largest absolute Gasteiger partial charge is 0.513 e. The molecule has 0 saturated carbocycles. The fraction of sp³-hybridized carbons (Fsp3) is 0.600. The maximum absolute atomic E-state index is 5.91. The Morgan fingerprint density at radius 2 is 1.73 bits per heavy atom. The van der Waals surface area contributed by atoms with Gasteiger partial charge in [0.15, 0.2) is 0 Å². The minimum atomic E-state index is -0.320. The number of aromatic amines is 1. The number of rotatable bonds is 1. The van der Waals surface area contributed by atoms with Gasteiger partial charge in [0.25, 0.3) is 0 Å². The third-order valence-corrected chi connectivity index (χ3v) is 3.91. The second-order valence-electron chi connectivity index (χ2n) is 4.83. The molecule has 0 aliphatic carbocycles. The van der Waals surface area contributed by atoms with Crippen molar-refractivity contribution in [3.05, 3.63) is 16.7 Å². The summed E-state index contributed by atoms with van der Waals surface area (Å²) in [6.45, 7) is 8.18. The molecule has 3 nitrogen and oxygen atoms in total. The Bertz CT molecular complexity index is 359. The average molecular weight is 272 g/mol. The maximum Gasteiger partial charge on any atom is 0.513 e. The molecule has 2 rings (SSSR count). The number of aromatic nitrogens is 1. The van der Waals surface area contributed by atoms with E-state index in [1.807, 2.05) is 40.0 Å². The van der Waals surface area contributed by atoms with Crippen LogP contribution in [-0.4, -0.2) is 23.3 Å². The molecule has 2 heterocycles. The number of H-pyrrole nitrogens is 1. The van der Waals surface area contributed by atoms with Gasteiger partial charge in [0, 0.05) is 10.7 Å². The predicted octanol–water partition coefficient (Wildman–Crippen LogP) is 2.08. The van der Waals surface area contributed by atoms with Crippen LogP contribution in [0.25, 0.3) is 0 Å². The molecule has 1 fully saturated rings. The second kappa shape index (κ2) is 3.37. The van der Waals surface area contributed by atoms with E-state index in [9.17, 15) is 0 Å². The first kappa shape index (κ1) is 11.2. The minimum Gasteiger partial charge on any atom is -0.398 e. The first-order valence-electron chi connectivity index (χ1n) is 5.02. The summed E-state index contributed by atoms with van der Waals surface area (Å²) in [5.41, 5.74) is 0.360. The molecule has 0 atom stereocenters. The lowest BCUT2D eigenvalue weighted by Crippen LogP contribution is -2.41. The van der Waals surface area contributed by atoms with Gasteiger partial charge in [0.05, 0.1) is 16.8 Å². The zero-order chi connectivity index (χ0) is 11.3. The van der Waals surface area contributed by atoms with Gasteiger partial charge in [-0.15, -0.1) is 0 Å². The Morgan fingerprint density at radius 3 is 2.13 bits per heavy atom. The van der Waals surface area contributed by atoms with Crippen LogP contribution in [0.4, 0.5) is 0 Å². The van der Waals surface area contributed by atoms with Gasteiger partial charge in [0.2, 0.25) is 0 Å². The topological polar surface area (TPSA) is 34.2 Å². The highest BCUT2D eigenvalue weighted by atomic mass is 79.9. The molecule has 82 valence electrons. The molecule has 1 N–H and O–H groups in total. The van der Waals surface area contributed by atoms with Gasteiger partial charge < -0.3 is 14.3 Å². The average Bonchev–Trinajstić information content (AvgIpc) is 2.55. The lowest BCUT2D eigenvalue weighted by molar-refractivity contribution is 0.00578. The maximum atomic E-state index is 5.91. The van der Waals surface area contributed by atoms with Crippen LogP contribution in [0.2, 0.25) is 0 Å². The smallest absolute Gasteiger partial charge is 0.398 e. The Kier molecular flexibility index (Phi) is 2.52. The second-order valence-corrected chi connectivity index (χ2v) is 5.68. The monoisotopic (exact) mass is 271 g/mol. The van der Waals surface area contributed by atoms with Crippen molar-refractivity contribution in [2.45, 2.75) is 38.9 Å². The van der Waals surface area contributed by atoms with Gasteiger partial charge in [-0.2, -0.15) is 0 Å². The summed E-state index contributed by atoms with van der Waals surface area (Å²) in [5.74, 6) is 0. The minimum absolute atomic E-state index is 0.289.